The van der Waals surface area contributed by atoms with Crippen molar-refractivity contribution in [3.05, 3.63) is 65.5 Å². The zero-order valence-electron chi connectivity index (χ0n) is 13.6. The van der Waals surface area contributed by atoms with E-state index in [-0.39, 0.29) is 17.5 Å². The third-order valence-corrected chi connectivity index (χ3v) is 4.37. The number of aromatic amines is 1. The SMILES string of the molecule is Cc1ccc(-c2nc(SCC(=O)NCc3ccc(F)cc3)n[nH]2)cc1. The van der Waals surface area contributed by atoms with E-state index in [9.17, 15) is 9.18 Å². The molecule has 1 heterocycles. The average molecular weight is 356 g/mol. The molecule has 5 nitrogen and oxygen atoms in total. The van der Waals surface area contributed by atoms with E-state index in [1.807, 2.05) is 31.2 Å². The molecule has 0 aliphatic carbocycles. The van der Waals surface area contributed by atoms with E-state index < -0.39 is 0 Å². The molecular formula is C18H17FN4OS. The summed E-state index contributed by atoms with van der Waals surface area (Å²) in [4.78, 5) is 16.3. The van der Waals surface area contributed by atoms with Gasteiger partial charge in [-0.25, -0.2) is 9.37 Å². The Morgan fingerprint density at radius 1 is 1.16 bits per heavy atom. The molecule has 2 N–H and O–H groups in total. The highest BCUT2D eigenvalue weighted by Crippen LogP contribution is 2.19. The van der Waals surface area contributed by atoms with Crippen LogP contribution in [-0.2, 0) is 11.3 Å². The molecule has 0 saturated heterocycles. The highest BCUT2D eigenvalue weighted by Gasteiger charge is 2.09. The predicted molar refractivity (Wildman–Crippen MR) is 95.5 cm³/mol. The van der Waals surface area contributed by atoms with E-state index in [2.05, 4.69) is 20.5 Å². The molecule has 0 aliphatic rings. The Labute approximate surface area is 149 Å². The molecule has 1 amide bonds. The number of thioether (sulfide) groups is 1. The summed E-state index contributed by atoms with van der Waals surface area (Å²) in [5.74, 6) is 0.469. The van der Waals surface area contributed by atoms with Gasteiger partial charge in [-0.05, 0) is 24.6 Å². The van der Waals surface area contributed by atoms with Gasteiger partial charge in [0.2, 0.25) is 11.1 Å². The van der Waals surface area contributed by atoms with Crippen LogP contribution in [0, 0.1) is 12.7 Å². The summed E-state index contributed by atoms with van der Waals surface area (Å²) < 4.78 is 12.8. The topological polar surface area (TPSA) is 70.7 Å². The molecule has 3 aromatic rings. The average Bonchev–Trinajstić information content (AvgIpc) is 3.09. The Hall–Kier alpha value is -2.67. The Morgan fingerprint density at radius 3 is 2.60 bits per heavy atom. The predicted octanol–water partition coefficient (Wildman–Crippen LogP) is 3.33. The summed E-state index contributed by atoms with van der Waals surface area (Å²) in [6, 6.07) is 14.0. The Morgan fingerprint density at radius 2 is 1.88 bits per heavy atom. The summed E-state index contributed by atoms with van der Waals surface area (Å²) in [7, 11) is 0. The summed E-state index contributed by atoms with van der Waals surface area (Å²) in [5, 5.41) is 10.3. The highest BCUT2D eigenvalue weighted by atomic mass is 32.2. The fourth-order valence-electron chi connectivity index (χ4n) is 2.14. The number of hydrogen-bond acceptors (Lipinski definition) is 4. The Kier molecular flexibility index (Phi) is 5.45. The van der Waals surface area contributed by atoms with Crippen LogP contribution < -0.4 is 5.32 Å². The molecule has 1 aromatic heterocycles. The molecule has 0 atom stereocenters. The van der Waals surface area contributed by atoms with E-state index in [0.717, 1.165) is 11.1 Å². The first-order chi connectivity index (χ1) is 12.1. The van der Waals surface area contributed by atoms with Crippen molar-refractivity contribution in [2.24, 2.45) is 0 Å². The minimum absolute atomic E-state index is 0.129. The van der Waals surface area contributed by atoms with Gasteiger partial charge in [0.25, 0.3) is 0 Å². The van der Waals surface area contributed by atoms with Crippen molar-refractivity contribution in [3.63, 3.8) is 0 Å². The molecule has 0 spiro atoms. The quantitative estimate of drug-likeness (QED) is 0.665. The lowest BCUT2D eigenvalue weighted by atomic mass is 10.1. The first-order valence-corrected chi connectivity index (χ1v) is 8.72. The number of hydrogen-bond donors (Lipinski definition) is 2. The minimum Gasteiger partial charge on any atom is -0.351 e. The first kappa shape index (κ1) is 17.2. The van der Waals surface area contributed by atoms with Crippen LogP contribution >= 0.6 is 11.8 Å². The van der Waals surface area contributed by atoms with E-state index in [0.29, 0.717) is 17.5 Å². The smallest absolute Gasteiger partial charge is 0.230 e. The third kappa shape index (κ3) is 4.90. The largest absolute Gasteiger partial charge is 0.351 e. The van der Waals surface area contributed by atoms with Gasteiger partial charge in [-0.2, -0.15) is 0 Å². The number of aromatic nitrogens is 3. The van der Waals surface area contributed by atoms with Crippen LogP contribution in [0.15, 0.2) is 53.7 Å². The van der Waals surface area contributed by atoms with Crippen LogP contribution in [0.25, 0.3) is 11.4 Å². The maximum atomic E-state index is 12.8. The number of halogens is 1. The minimum atomic E-state index is -0.292. The third-order valence-electron chi connectivity index (χ3n) is 3.53. The Balaban J connectivity index is 1.49. The molecule has 0 fully saturated rings. The van der Waals surface area contributed by atoms with Crippen molar-refractivity contribution < 1.29 is 9.18 Å². The number of carbonyl (C=O) groups excluding carboxylic acids is 1. The van der Waals surface area contributed by atoms with Gasteiger partial charge in [0.15, 0.2) is 5.82 Å². The zero-order valence-corrected chi connectivity index (χ0v) is 14.4. The van der Waals surface area contributed by atoms with Crippen LogP contribution in [0.4, 0.5) is 4.39 Å². The molecular weight excluding hydrogens is 339 g/mol. The van der Waals surface area contributed by atoms with E-state index in [1.165, 1.54) is 29.5 Å². The lowest BCUT2D eigenvalue weighted by Crippen LogP contribution is -2.24. The molecule has 0 radical (unpaired) electrons. The maximum Gasteiger partial charge on any atom is 0.230 e. The Bertz CT molecular complexity index is 846. The van der Waals surface area contributed by atoms with Crippen molar-refractivity contribution in [1.82, 2.24) is 20.5 Å². The van der Waals surface area contributed by atoms with Crippen LogP contribution in [0.2, 0.25) is 0 Å². The summed E-state index contributed by atoms with van der Waals surface area (Å²) in [6.07, 6.45) is 0. The maximum absolute atomic E-state index is 12.8. The number of amides is 1. The molecule has 0 unspecified atom stereocenters. The molecule has 25 heavy (non-hydrogen) atoms. The number of rotatable bonds is 6. The second kappa shape index (κ2) is 7.94. The van der Waals surface area contributed by atoms with Gasteiger partial charge in [-0.3, -0.25) is 9.89 Å². The van der Waals surface area contributed by atoms with Gasteiger partial charge in [0.05, 0.1) is 5.75 Å². The molecule has 128 valence electrons. The van der Waals surface area contributed by atoms with Crippen molar-refractivity contribution in [2.75, 3.05) is 5.75 Å². The van der Waals surface area contributed by atoms with Gasteiger partial charge < -0.3 is 5.32 Å². The highest BCUT2D eigenvalue weighted by molar-refractivity contribution is 7.99. The number of nitrogens with zero attached hydrogens (tertiary/aromatic N) is 2. The first-order valence-electron chi connectivity index (χ1n) is 7.73. The summed E-state index contributed by atoms with van der Waals surface area (Å²) in [6.45, 7) is 2.39. The van der Waals surface area contributed by atoms with Gasteiger partial charge in [0, 0.05) is 12.1 Å². The van der Waals surface area contributed by atoms with Crippen LogP contribution in [0.5, 0.6) is 0 Å². The van der Waals surface area contributed by atoms with Gasteiger partial charge >= 0.3 is 0 Å². The number of benzene rings is 2. The van der Waals surface area contributed by atoms with Crippen LogP contribution in [0.3, 0.4) is 0 Å². The standard InChI is InChI=1S/C18H17FN4OS/c1-12-2-6-14(7-3-12)17-21-18(23-22-17)25-11-16(24)20-10-13-4-8-15(19)9-5-13/h2-9H,10-11H2,1H3,(H,20,24)(H,21,22,23). The number of H-pyrrole nitrogens is 1. The van der Waals surface area contributed by atoms with Gasteiger partial charge in [-0.15, -0.1) is 5.10 Å². The van der Waals surface area contributed by atoms with Gasteiger partial charge in [-0.1, -0.05) is 53.7 Å². The van der Waals surface area contributed by atoms with Crippen molar-refractivity contribution in [3.8, 4) is 11.4 Å². The van der Waals surface area contributed by atoms with Gasteiger partial charge in [0.1, 0.15) is 5.82 Å². The monoisotopic (exact) mass is 356 g/mol. The summed E-state index contributed by atoms with van der Waals surface area (Å²) in [5.41, 5.74) is 2.97. The molecule has 2 aromatic carbocycles. The van der Waals surface area contributed by atoms with E-state index >= 15 is 0 Å². The van der Waals surface area contributed by atoms with E-state index in [4.69, 9.17) is 0 Å². The van der Waals surface area contributed by atoms with Crippen molar-refractivity contribution in [1.29, 1.82) is 0 Å². The van der Waals surface area contributed by atoms with Crippen LogP contribution in [0.1, 0.15) is 11.1 Å². The molecule has 0 bridgehead atoms. The molecule has 0 saturated carbocycles. The molecule has 0 aliphatic heterocycles. The lowest BCUT2D eigenvalue weighted by molar-refractivity contribution is -0.118. The fraction of sp³-hybridized carbons (Fsp3) is 0.167. The van der Waals surface area contributed by atoms with Crippen molar-refractivity contribution >= 4 is 17.7 Å². The fourth-order valence-corrected chi connectivity index (χ4v) is 2.76. The summed E-state index contributed by atoms with van der Waals surface area (Å²) >= 11 is 1.26. The second-order valence-corrected chi connectivity index (χ2v) is 6.47. The molecule has 3 rings (SSSR count). The van der Waals surface area contributed by atoms with E-state index in [1.54, 1.807) is 12.1 Å². The van der Waals surface area contributed by atoms with Crippen LogP contribution in [-0.4, -0.2) is 26.8 Å². The number of carbonyl (C=O) groups is 1. The normalized spacial score (nSPS) is 10.6. The second-order valence-electron chi connectivity index (χ2n) is 5.52. The van der Waals surface area contributed by atoms with Crippen molar-refractivity contribution in [2.45, 2.75) is 18.6 Å². The number of nitrogens with one attached hydrogen (secondary N) is 2. The lowest BCUT2D eigenvalue weighted by Gasteiger charge is -2.04. The number of aryl methyl sites for hydroxylation is 1. The molecule has 7 heteroatoms. The zero-order chi connectivity index (χ0) is 17.6.